The molecule has 2 aliphatic heterocycles. The topological polar surface area (TPSA) is 88.1 Å². The maximum atomic E-state index is 14.8. The summed E-state index contributed by atoms with van der Waals surface area (Å²) in [6, 6.07) is 5.12. The largest absolute Gasteiger partial charge is 0.497 e. The van der Waals surface area contributed by atoms with E-state index in [0.717, 1.165) is 0 Å². The molecule has 9 heteroatoms. The smallest absolute Gasteiger partial charge is 0.407 e. The monoisotopic (exact) mass is 516 g/mol. The predicted molar refractivity (Wildman–Crippen MR) is 138 cm³/mol. The number of nitrogens with zero attached hydrogens (tertiary/aromatic N) is 1. The first kappa shape index (κ1) is 27.3. The lowest BCUT2D eigenvalue weighted by Crippen LogP contribution is -2.51. The van der Waals surface area contributed by atoms with Crippen LogP contribution in [0, 0.1) is 5.82 Å². The van der Waals surface area contributed by atoms with Crippen LogP contribution in [0.3, 0.4) is 0 Å². The fourth-order valence-corrected chi connectivity index (χ4v) is 4.71. The van der Waals surface area contributed by atoms with Crippen LogP contribution in [0.2, 0.25) is 0 Å². The van der Waals surface area contributed by atoms with Crippen LogP contribution < -0.4 is 10.1 Å². The minimum atomic E-state index is -0.659. The number of methoxy groups -OCH3 is 1. The van der Waals surface area contributed by atoms with Crippen LogP contribution in [0.1, 0.15) is 59.4 Å². The lowest BCUT2D eigenvalue weighted by molar-refractivity contribution is -0.146. The summed E-state index contributed by atoms with van der Waals surface area (Å²) in [6.45, 7) is 9.67. The zero-order valence-corrected chi connectivity index (χ0v) is 22.4. The summed E-state index contributed by atoms with van der Waals surface area (Å²) < 4.78 is 43.7. The predicted octanol–water partition coefficient (Wildman–Crippen LogP) is 5.38. The average Bonchev–Trinajstić information content (AvgIpc) is 3.16. The van der Waals surface area contributed by atoms with Crippen molar-refractivity contribution < 1.29 is 32.9 Å². The molecule has 4 rings (SSSR count). The third kappa shape index (κ3) is 7.18. The van der Waals surface area contributed by atoms with Gasteiger partial charge in [-0.1, -0.05) is 12.2 Å². The lowest BCUT2D eigenvalue weighted by Gasteiger charge is -2.37. The highest BCUT2D eigenvalue weighted by molar-refractivity contribution is 5.89. The molecule has 0 aliphatic carbocycles. The molecule has 3 heterocycles. The minimum Gasteiger partial charge on any atom is -0.497 e. The lowest BCUT2D eigenvalue weighted by atomic mass is 9.94. The van der Waals surface area contributed by atoms with Gasteiger partial charge >= 0.3 is 6.09 Å². The molecule has 1 aromatic heterocycles. The molecular weight excluding hydrogens is 479 g/mol. The summed E-state index contributed by atoms with van der Waals surface area (Å²) in [6.07, 6.45) is 5.42. The number of pyridine rings is 1. The third-order valence-corrected chi connectivity index (χ3v) is 6.37. The number of amides is 1. The summed E-state index contributed by atoms with van der Waals surface area (Å²) in [5, 5.41) is 3.63. The summed E-state index contributed by atoms with van der Waals surface area (Å²) in [5.41, 5.74) is 0.492. The first-order valence-electron chi connectivity index (χ1n) is 12.7. The van der Waals surface area contributed by atoms with Gasteiger partial charge in [0.15, 0.2) is 5.79 Å². The van der Waals surface area contributed by atoms with Crippen LogP contribution in [0.4, 0.5) is 9.18 Å². The zero-order chi connectivity index (χ0) is 26.8. The van der Waals surface area contributed by atoms with E-state index in [0.29, 0.717) is 48.1 Å². The van der Waals surface area contributed by atoms with E-state index in [1.807, 2.05) is 40.7 Å². The van der Waals surface area contributed by atoms with Gasteiger partial charge in [0.25, 0.3) is 0 Å². The normalized spacial score (nSPS) is 25.9. The maximum absolute atomic E-state index is 14.8. The van der Waals surface area contributed by atoms with Gasteiger partial charge in [0, 0.05) is 17.4 Å². The molecular formula is C28H37FN2O6. The van der Waals surface area contributed by atoms with E-state index in [2.05, 4.69) is 10.3 Å². The molecule has 0 saturated carbocycles. The molecule has 0 spiro atoms. The van der Waals surface area contributed by atoms with Crippen molar-refractivity contribution in [2.24, 2.45) is 0 Å². The Labute approximate surface area is 217 Å². The SMILES string of the molecule is COc1ccc2ncc(F)c(C=C[C@@H]3CC[C@@H](NC(=O)OC(C)(C)C)[C@@H](CC4COC(C)(C)O4)O3)c2c1. The number of aromatic nitrogens is 1. The second kappa shape index (κ2) is 10.9. The van der Waals surface area contributed by atoms with Gasteiger partial charge in [-0.3, -0.25) is 4.98 Å². The van der Waals surface area contributed by atoms with E-state index < -0.39 is 23.3 Å². The van der Waals surface area contributed by atoms with E-state index in [4.69, 9.17) is 23.7 Å². The van der Waals surface area contributed by atoms with Crippen LogP contribution >= 0.6 is 0 Å². The Morgan fingerprint density at radius 2 is 2.08 bits per heavy atom. The van der Waals surface area contributed by atoms with Gasteiger partial charge < -0.3 is 29.0 Å². The molecule has 1 N–H and O–H groups in total. The van der Waals surface area contributed by atoms with E-state index in [-0.39, 0.29) is 24.4 Å². The van der Waals surface area contributed by atoms with Crippen molar-refractivity contribution in [1.82, 2.24) is 10.3 Å². The van der Waals surface area contributed by atoms with Gasteiger partial charge in [-0.15, -0.1) is 0 Å². The second-order valence-electron chi connectivity index (χ2n) is 11.0. The van der Waals surface area contributed by atoms with Gasteiger partial charge in [0.05, 0.1) is 49.8 Å². The van der Waals surface area contributed by atoms with Gasteiger partial charge in [-0.25, -0.2) is 9.18 Å². The Hall–Kier alpha value is -2.75. The minimum absolute atomic E-state index is 0.167. The van der Waals surface area contributed by atoms with E-state index in [1.54, 1.807) is 31.4 Å². The molecule has 2 aliphatic rings. The number of nitrogens with one attached hydrogen (secondary N) is 1. The van der Waals surface area contributed by atoms with Crippen molar-refractivity contribution in [2.45, 2.75) is 89.6 Å². The Morgan fingerprint density at radius 1 is 1.30 bits per heavy atom. The van der Waals surface area contributed by atoms with E-state index >= 15 is 0 Å². The van der Waals surface area contributed by atoms with Gasteiger partial charge in [0.1, 0.15) is 17.2 Å². The number of benzene rings is 1. The molecule has 1 unspecified atom stereocenters. The second-order valence-corrected chi connectivity index (χ2v) is 11.0. The summed E-state index contributed by atoms with van der Waals surface area (Å²) in [7, 11) is 1.57. The summed E-state index contributed by atoms with van der Waals surface area (Å²) in [5.74, 6) is -0.456. The van der Waals surface area contributed by atoms with Gasteiger partial charge in [-0.05, 0) is 65.7 Å². The fraction of sp³-hybridized carbons (Fsp3) is 0.571. The average molecular weight is 517 g/mol. The Balaban J connectivity index is 1.51. The quantitative estimate of drug-likeness (QED) is 0.552. The highest BCUT2D eigenvalue weighted by Crippen LogP contribution is 2.31. The highest BCUT2D eigenvalue weighted by atomic mass is 19.1. The van der Waals surface area contributed by atoms with Crippen molar-refractivity contribution in [3.8, 4) is 5.75 Å². The van der Waals surface area contributed by atoms with Crippen LogP contribution in [-0.2, 0) is 18.9 Å². The summed E-state index contributed by atoms with van der Waals surface area (Å²) in [4.78, 5) is 16.7. The number of ether oxygens (including phenoxy) is 5. The first-order chi connectivity index (χ1) is 17.4. The Kier molecular flexibility index (Phi) is 8.06. The van der Waals surface area contributed by atoms with Crippen molar-refractivity contribution in [3.05, 3.63) is 41.9 Å². The number of fused-ring (bicyclic) bond motifs is 1. The number of carbonyl (C=O) groups is 1. The molecule has 4 atom stereocenters. The number of hydrogen-bond donors (Lipinski definition) is 1. The number of carbonyl (C=O) groups excluding carboxylic acids is 1. The van der Waals surface area contributed by atoms with Crippen molar-refractivity contribution in [2.75, 3.05) is 13.7 Å². The van der Waals surface area contributed by atoms with Crippen molar-refractivity contribution in [1.29, 1.82) is 0 Å². The third-order valence-electron chi connectivity index (χ3n) is 6.37. The molecule has 1 amide bonds. The molecule has 202 valence electrons. The number of rotatable bonds is 6. The fourth-order valence-electron chi connectivity index (χ4n) is 4.71. The van der Waals surface area contributed by atoms with Crippen LogP contribution in [0.5, 0.6) is 5.75 Å². The first-order valence-corrected chi connectivity index (χ1v) is 12.7. The molecule has 37 heavy (non-hydrogen) atoms. The number of halogens is 1. The molecule has 8 nitrogen and oxygen atoms in total. The molecule has 1 aromatic carbocycles. The molecule has 0 radical (unpaired) electrons. The van der Waals surface area contributed by atoms with Crippen LogP contribution in [0.25, 0.3) is 17.0 Å². The molecule has 2 aromatic rings. The van der Waals surface area contributed by atoms with Gasteiger partial charge in [0.2, 0.25) is 0 Å². The molecule has 2 saturated heterocycles. The Morgan fingerprint density at radius 3 is 2.76 bits per heavy atom. The highest BCUT2D eigenvalue weighted by Gasteiger charge is 2.39. The zero-order valence-electron chi connectivity index (χ0n) is 22.4. The molecule has 0 bridgehead atoms. The van der Waals surface area contributed by atoms with Gasteiger partial charge in [-0.2, -0.15) is 0 Å². The number of alkyl carbamates (subject to hydrolysis) is 1. The van der Waals surface area contributed by atoms with Crippen LogP contribution in [-0.4, -0.2) is 60.5 Å². The standard InChI is InChI=1S/C28H37FN2O6/c1-27(2,3)37-26(32)31-24-12-8-17(35-25(24)14-19-16-34-28(4,5)36-19)7-10-20-21-13-18(33-6)9-11-23(21)30-15-22(20)29/h7,9-11,13,15,17,19,24-25H,8,12,14,16H2,1-6H3,(H,31,32)/t17-,19?,24-,25-/m1/s1. The van der Waals surface area contributed by atoms with E-state index in [9.17, 15) is 9.18 Å². The number of hydrogen-bond acceptors (Lipinski definition) is 7. The van der Waals surface area contributed by atoms with Crippen molar-refractivity contribution in [3.63, 3.8) is 0 Å². The van der Waals surface area contributed by atoms with Crippen LogP contribution in [0.15, 0.2) is 30.5 Å². The summed E-state index contributed by atoms with van der Waals surface area (Å²) >= 11 is 0. The maximum Gasteiger partial charge on any atom is 0.407 e. The Bertz CT molecular complexity index is 1150. The molecule has 2 fully saturated rings. The van der Waals surface area contributed by atoms with Crippen molar-refractivity contribution >= 4 is 23.1 Å². The van der Waals surface area contributed by atoms with E-state index in [1.165, 1.54) is 6.20 Å².